The number of nitrogens with two attached hydrogens (primary N) is 1. The van der Waals surface area contributed by atoms with Crippen molar-refractivity contribution in [3.05, 3.63) is 35.9 Å². The molecule has 33 heavy (non-hydrogen) atoms. The first-order valence-electron chi connectivity index (χ1n) is 11.2. The number of rotatable bonds is 4. The van der Waals surface area contributed by atoms with Crippen molar-refractivity contribution in [3.63, 3.8) is 0 Å². The number of aliphatic hydroxyl groups is 1. The van der Waals surface area contributed by atoms with E-state index in [1.165, 1.54) is 12.1 Å². The van der Waals surface area contributed by atoms with E-state index >= 15 is 0 Å². The third-order valence-corrected chi connectivity index (χ3v) is 5.85. The van der Waals surface area contributed by atoms with Crippen LogP contribution in [0.3, 0.4) is 0 Å². The van der Waals surface area contributed by atoms with Gasteiger partial charge >= 0.3 is 0 Å². The zero-order valence-corrected chi connectivity index (χ0v) is 18.7. The Morgan fingerprint density at radius 3 is 2.76 bits per heavy atom. The molecule has 1 amide bonds. The van der Waals surface area contributed by atoms with Crippen molar-refractivity contribution in [2.45, 2.75) is 57.6 Å². The van der Waals surface area contributed by atoms with E-state index in [0.717, 1.165) is 19.3 Å². The summed E-state index contributed by atoms with van der Waals surface area (Å²) in [6, 6.07) is 5.24. The lowest BCUT2D eigenvalue weighted by Crippen LogP contribution is -2.31. The largest absolute Gasteiger partial charge is 0.382 e. The summed E-state index contributed by atoms with van der Waals surface area (Å²) in [6.45, 7) is 3.99. The van der Waals surface area contributed by atoms with Crippen LogP contribution in [0.15, 0.2) is 24.3 Å². The molecule has 1 aromatic carbocycles. The van der Waals surface area contributed by atoms with E-state index in [4.69, 9.17) is 5.73 Å². The van der Waals surface area contributed by atoms with Gasteiger partial charge in [0.25, 0.3) is 0 Å². The monoisotopic (exact) mass is 450 g/mol. The molecule has 0 saturated heterocycles. The summed E-state index contributed by atoms with van der Waals surface area (Å²) >= 11 is 0. The number of nitrogens with zero attached hydrogens (tertiary/aromatic N) is 4. The maximum atomic E-state index is 14.0. The molecule has 172 valence electrons. The first-order valence-corrected chi connectivity index (χ1v) is 11.2. The minimum atomic E-state index is -1.06. The van der Waals surface area contributed by atoms with Gasteiger partial charge in [-0.2, -0.15) is 0 Å². The average Bonchev–Trinajstić information content (AvgIpc) is 3.18. The quantitative estimate of drug-likeness (QED) is 0.526. The topological polar surface area (TPSA) is 119 Å². The zero-order valence-electron chi connectivity index (χ0n) is 18.7. The lowest BCUT2D eigenvalue weighted by molar-refractivity contribution is -0.123. The Bertz CT molecular complexity index is 1250. The van der Waals surface area contributed by atoms with Crippen LogP contribution in [0, 0.1) is 17.7 Å². The summed E-state index contributed by atoms with van der Waals surface area (Å²) in [7, 11) is 0. The molecule has 1 aliphatic rings. The molecule has 4 rings (SSSR count). The van der Waals surface area contributed by atoms with Crippen molar-refractivity contribution in [3.8, 4) is 23.2 Å². The molecule has 0 bridgehead atoms. The first-order chi connectivity index (χ1) is 15.8. The Kier molecular flexibility index (Phi) is 6.29. The maximum Gasteiger partial charge on any atom is 0.242 e. The van der Waals surface area contributed by atoms with Gasteiger partial charge in [-0.05, 0) is 57.6 Å². The highest BCUT2D eigenvalue weighted by molar-refractivity contribution is 5.89. The number of imidazole rings is 1. The first kappa shape index (κ1) is 22.7. The van der Waals surface area contributed by atoms with Crippen molar-refractivity contribution in [2.24, 2.45) is 0 Å². The predicted octanol–water partition coefficient (Wildman–Crippen LogP) is 2.96. The van der Waals surface area contributed by atoms with Crippen LogP contribution in [0.25, 0.3) is 22.6 Å². The van der Waals surface area contributed by atoms with Gasteiger partial charge < -0.3 is 16.2 Å². The fourth-order valence-electron chi connectivity index (χ4n) is 4.12. The number of carbonyl (C=O) groups is 1. The lowest BCUT2D eigenvalue weighted by Gasteiger charge is -2.26. The molecule has 1 atom stereocenters. The van der Waals surface area contributed by atoms with Crippen LogP contribution >= 0.6 is 0 Å². The zero-order chi connectivity index (χ0) is 23.6. The standard InChI is InChI=1S/C24H27FN6O2/c1-3-27-23(32)15(2)31-21(16-8-7-9-17(25)14-16)30-19-20(26)28-18(29-22(19)31)10-13-24(33)11-5-4-6-12-24/h7-9,14-15,33H,3-6,11-12H2,1-2H3,(H,27,32)(H2,26,28,29). The second-order valence-electron chi connectivity index (χ2n) is 8.33. The Balaban J connectivity index is 1.88. The number of halogens is 1. The van der Waals surface area contributed by atoms with Gasteiger partial charge in [0, 0.05) is 12.1 Å². The van der Waals surface area contributed by atoms with E-state index in [9.17, 15) is 14.3 Å². The predicted molar refractivity (Wildman–Crippen MR) is 123 cm³/mol. The highest BCUT2D eigenvalue weighted by Crippen LogP contribution is 2.31. The minimum Gasteiger partial charge on any atom is -0.382 e. The number of carbonyl (C=O) groups excluding carboxylic acids is 1. The number of benzene rings is 1. The average molecular weight is 451 g/mol. The Morgan fingerprint density at radius 1 is 1.30 bits per heavy atom. The second kappa shape index (κ2) is 9.16. The van der Waals surface area contributed by atoms with Crippen LogP contribution in [-0.2, 0) is 4.79 Å². The molecule has 2 heterocycles. The SMILES string of the molecule is CCNC(=O)C(C)n1c(-c2cccc(F)c2)nc2c(N)nc(C#CC3(O)CCCCC3)nc21. The number of likely N-dealkylation sites (N-methyl/N-ethyl adjacent to an activating group) is 1. The number of fused-ring (bicyclic) bond motifs is 1. The van der Waals surface area contributed by atoms with Crippen molar-refractivity contribution in [2.75, 3.05) is 12.3 Å². The Morgan fingerprint density at radius 2 is 2.06 bits per heavy atom. The maximum absolute atomic E-state index is 14.0. The van der Waals surface area contributed by atoms with E-state index in [-0.39, 0.29) is 17.5 Å². The summed E-state index contributed by atoms with van der Waals surface area (Å²) < 4.78 is 15.6. The molecule has 1 unspecified atom stereocenters. The van der Waals surface area contributed by atoms with Crippen molar-refractivity contribution < 1.29 is 14.3 Å². The van der Waals surface area contributed by atoms with E-state index < -0.39 is 17.5 Å². The summed E-state index contributed by atoms with van der Waals surface area (Å²) in [5.74, 6) is 5.68. The molecule has 0 radical (unpaired) electrons. The molecule has 8 nitrogen and oxygen atoms in total. The van der Waals surface area contributed by atoms with Crippen molar-refractivity contribution in [1.29, 1.82) is 0 Å². The smallest absolute Gasteiger partial charge is 0.242 e. The number of anilines is 1. The Labute approximate surface area is 191 Å². The van der Waals surface area contributed by atoms with Gasteiger partial charge in [0.1, 0.15) is 23.3 Å². The molecular formula is C24H27FN6O2. The van der Waals surface area contributed by atoms with Crippen LogP contribution in [0.1, 0.15) is 57.8 Å². The number of nitrogen functional groups attached to an aromatic ring is 1. The lowest BCUT2D eigenvalue weighted by atomic mass is 9.85. The number of nitrogens with one attached hydrogen (secondary N) is 1. The molecule has 9 heteroatoms. The highest BCUT2D eigenvalue weighted by Gasteiger charge is 2.27. The fraction of sp³-hybridized carbons (Fsp3) is 0.417. The van der Waals surface area contributed by atoms with Gasteiger partial charge in [0.15, 0.2) is 17.0 Å². The molecule has 1 saturated carbocycles. The van der Waals surface area contributed by atoms with Crippen LogP contribution < -0.4 is 11.1 Å². The van der Waals surface area contributed by atoms with E-state index in [2.05, 4.69) is 32.1 Å². The number of aromatic nitrogens is 4. The summed E-state index contributed by atoms with van der Waals surface area (Å²) in [5, 5.41) is 13.5. The van der Waals surface area contributed by atoms with Crippen LogP contribution in [0.2, 0.25) is 0 Å². The molecule has 4 N–H and O–H groups in total. The minimum absolute atomic E-state index is 0.0967. The number of hydrogen-bond donors (Lipinski definition) is 3. The van der Waals surface area contributed by atoms with Gasteiger partial charge in [-0.15, -0.1) is 0 Å². The fourth-order valence-corrected chi connectivity index (χ4v) is 4.12. The molecule has 1 fully saturated rings. The highest BCUT2D eigenvalue weighted by atomic mass is 19.1. The van der Waals surface area contributed by atoms with Crippen LogP contribution in [0.5, 0.6) is 0 Å². The van der Waals surface area contributed by atoms with Gasteiger partial charge in [0.2, 0.25) is 11.7 Å². The van der Waals surface area contributed by atoms with Gasteiger partial charge in [-0.1, -0.05) is 24.5 Å². The Hall–Kier alpha value is -3.51. The summed E-state index contributed by atoms with van der Waals surface area (Å²) in [4.78, 5) is 26.1. The molecule has 3 aromatic rings. The summed E-state index contributed by atoms with van der Waals surface area (Å²) in [5.41, 5.74) is 6.23. The second-order valence-corrected chi connectivity index (χ2v) is 8.33. The van der Waals surface area contributed by atoms with Crippen LogP contribution in [-0.4, -0.2) is 42.7 Å². The molecule has 1 aliphatic carbocycles. The molecular weight excluding hydrogens is 423 g/mol. The normalized spacial score (nSPS) is 16.1. The summed E-state index contributed by atoms with van der Waals surface area (Å²) in [6.07, 6.45) is 4.13. The molecule has 2 aromatic heterocycles. The van der Waals surface area contributed by atoms with E-state index in [1.807, 2.05) is 6.92 Å². The van der Waals surface area contributed by atoms with Gasteiger partial charge in [0.05, 0.1) is 0 Å². The third kappa shape index (κ3) is 4.66. The molecule has 0 spiro atoms. The van der Waals surface area contributed by atoms with E-state index in [0.29, 0.717) is 41.9 Å². The van der Waals surface area contributed by atoms with Gasteiger partial charge in [-0.25, -0.2) is 19.3 Å². The van der Waals surface area contributed by atoms with Crippen LogP contribution in [0.4, 0.5) is 10.2 Å². The number of amides is 1. The third-order valence-electron chi connectivity index (χ3n) is 5.85. The molecule has 0 aliphatic heterocycles. The van der Waals surface area contributed by atoms with E-state index in [1.54, 1.807) is 23.6 Å². The van der Waals surface area contributed by atoms with Gasteiger partial charge in [-0.3, -0.25) is 9.36 Å². The van der Waals surface area contributed by atoms with Crippen molar-refractivity contribution >= 4 is 22.9 Å². The van der Waals surface area contributed by atoms with Crippen molar-refractivity contribution in [1.82, 2.24) is 24.8 Å². The number of hydrogen-bond acceptors (Lipinski definition) is 6.